The molecule has 2 aromatic carbocycles. The van der Waals surface area contributed by atoms with Crippen molar-refractivity contribution in [3.63, 3.8) is 0 Å². The van der Waals surface area contributed by atoms with Gasteiger partial charge >= 0.3 is 0 Å². The summed E-state index contributed by atoms with van der Waals surface area (Å²) in [4.78, 5) is 0. The van der Waals surface area contributed by atoms with E-state index in [0.717, 1.165) is 0 Å². The second-order valence-corrected chi connectivity index (χ2v) is 4.50. The van der Waals surface area contributed by atoms with Crippen molar-refractivity contribution in [2.24, 2.45) is 0 Å². The maximum Gasteiger partial charge on any atom is 0.0238 e. The maximum atomic E-state index is 2.41. The Morgan fingerprint density at radius 1 is 1.00 bits per heavy atom. The maximum absolute atomic E-state index is 2.41. The van der Waals surface area contributed by atoms with Gasteiger partial charge < -0.3 is 0 Å². The van der Waals surface area contributed by atoms with Crippen LogP contribution >= 0.6 is 22.6 Å². The van der Waals surface area contributed by atoms with E-state index in [-0.39, 0.29) is 0 Å². The number of aryl methyl sites for hydroxylation is 2. The minimum absolute atomic E-state index is 1.33. The van der Waals surface area contributed by atoms with E-state index in [1.165, 1.54) is 25.5 Å². The van der Waals surface area contributed by atoms with Crippen molar-refractivity contribution in [2.45, 2.75) is 13.8 Å². The fraction of sp³-hybridized carbons (Fsp3) is 0.167. The molecule has 66 valence electrons. The van der Waals surface area contributed by atoms with Gasteiger partial charge in [0.05, 0.1) is 0 Å². The highest BCUT2D eigenvalue weighted by Gasteiger charge is 2.00. The molecule has 0 atom stereocenters. The van der Waals surface area contributed by atoms with Crippen molar-refractivity contribution in [1.29, 1.82) is 0 Å². The van der Waals surface area contributed by atoms with Crippen LogP contribution in [0.4, 0.5) is 0 Å². The van der Waals surface area contributed by atoms with Crippen LogP contribution in [0.2, 0.25) is 0 Å². The molecule has 0 unspecified atom stereocenters. The van der Waals surface area contributed by atoms with Gasteiger partial charge in [0.15, 0.2) is 0 Å². The highest BCUT2D eigenvalue weighted by molar-refractivity contribution is 14.1. The summed E-state index contributed by atoms with van der Waals surface area (Å²) in [5.74, 6) is 0. The molecule has 0 N–H and O–H groups in total. The summed E-state index contributed by atoms with van der Waals surface area (Å²) >= 11 is 2.41. The monoisotopic (exact) mass is 282 g/mol. The number of hydrogen-bond acceptors (Lipinski definition) is 0. The van der Waals surface area contributed by atoms with E-state index in [2.05, 4.69) is 66.8 Å². The van der Waals surface area contributed by atoms with Crippen molar-refractivity contribution in [2.75, 3.05) is 0 Å². The van der Waals surface area contributed by atoms with Crippen LogP contribution in [0.25, 0.3) is 10.8 Å². The van der Waals surface area contributed by atoms with Gasteiger partial charge in [-0.05, 0) is 52.8 Å². The lowest BCUT2D eigenvalue weighted by Gasteiger charge is -2.04. The molecular weight excluding hydrogens is 271 g/mol. The number of hydrogen-bond donors (Lipinski definition) is 0. The lowest BCUT2D eigenvalue weighted by atomic mass is 10.1. The summed E-state index contributed by atoms with van der Waals surface area (Å²) in [5, 5.41) is 2.71. The highest BCUT2D eigenvalue weighted by Crippen LogP contribution is 2.24. The minimum atomic E-state index is 1.33. The predicted octanol–water partition coefficient (Wildman–Crippen LogP) is 4.06. The van der Waals surface area contributed by atoms with Gasteiger partial charge in [-0.1, -0.05) is 35.9 Å². The van der Waals surface area contributed by atoms with Crippen molar-refractivity contribution in [3.05, 3.63) is 45.0 Å². The van der Waals surface area contributed by atoms with Gasteiger partial charge in [0, 0.05) is 3.57 Å². The second kappa shape index (κ2) is 3.29. The first kappa shape index (κ1) is 9.00. The van der Waals surface area contributed by atoms with E-state index in [0.29, 0.717) is 0 Å². The van der Waals surface area contributed by atoms with E-state index in [4.69, 9.17) is 0 Å². The molecule has 0 saturated carbocycles. The normalized spacial score (nSPS) is 10.7. The molecular formula is C12H11I. The standard InChI is InChI=1S/C12H11I/c1-8-3-6-11-10(7-8)5-4-9(2)12(11)13/h3-7H,1-2H3. The van der Waals surface area contributed by atoms with Gasteiger partial charge in [-0.15, -0.1) is 0 Å². The summed E-state index contributed by atoms with van der Waals surface area (Å²) in [5.41, 5.74) is 2.68. The SMILES string of the molecule is Cc1ccc2c(I)c(C)ccc2c1. The third-order valence-electron chi connectivity index (χ3n) is 2.30. The van der Waals surface area contributed by atoms with Gasteiger partial charge in [0.25, 0.3) is 0 Å². The van der Waals surface area contributed by atoms with Crippen molar-refractivity contribution in [1.82, 2.24) is 0 Å². The molecule has 0 bridgehead atoms. The smallest absolute Gasteiger partial charge is 0.0238 e. The molecule has 0 amide bonds. The molecule has 2 rings (SSSR count). The van der Waals surface area contributed by atoms with Gasteiger partial charge in [-0.3, -0.25) is 0 Å². The third kappa shape index (κ3) is 1.57. The topological polar surface area (TPSA) is 0 Å². The average molecular weight is 282 g/mol. The Morgan fingerprint density at radius 2 is 1.77 bits per heavy atom. The predicted molar refractivity (Wildman–Crippen MR) is 66.1 cm³/mol. The van der Waals surface area contributed by atoms with Crippen LogP contribution in [0.5, 0.6) is 0 Å². The van der Waals surface area contributed by atoms with Gasteiger partial charge in [-0.2, -0.15) is 0 Å². The average Bonchev–Trinajstić information content (AvgIpc) is 2.12. The van der Waals surface area contributed by atoms with E-state index in [1.54, 1.807) is 0 Å². The Hall–Kier alpha value is -0.570. The molecule has 0 aliphatic carbocycles. The number of fused-ring (bicyclic) bond motifs is 1. The lowest BCUT2D eigenvalue weighted by Crippen LogP contribution is -1.83. The van der Waals surface area contributed by atoms with Crippen molar-refractivity contribution >= 4 is 33.4 Å². The molecule has 0 aromatic heterocycles. The van der Waals surface area contributed by atoms with Gasteiger partial charge in [0.2, 0.25) is 0 Å². The molecule has 0 radical (unpaired) electrons. The second-order valence-electron chi connectivity index (χ2n) is 3.42. The molecule has 0 aliphatic rings. The third-order valence-corrected chi connectivity index (χ3v) is 3.73. The van der Waals surface area contributed by atoms with E-state index in [9.17, 15) is 0 Å². The first-order valence-corrected chi connectivity index (χ1v) is 5.42. The zero-order chi connectivity index (χ0) is 9.42. The summed E-state index contributed by atoms with van der Waals surface area (Å²) in [6, 6.07) is 11.0. The van der Waals surface area contributed by atoms with Crippen LogP contribution in [0.3, 0.4) is 0 Å². The highest BCUT2D eigenvalue weighted by atomic mass is 127. The molecule has 13 heavy (non-hydrogen) atoms. The van der Waals surface area contributed by atoms with Gasteiger partial charge in [0.1, 0.15) is 0 Å². The van der Waals surface area contributed by atoms with Crippen LogP contribution in [0.1, 0.15) is 11.1 Å². The van der Waals surface area contributed by atoms with E-state index in [1.807, 2.05) is 0 Å². The lowest BCUT2D eigenvalue weighted by molar-refractivity contribution is 1.45. The quantitative estimate of drug-likeness (QED) is 0.639. The summed E-state index contributed by atoms with van der Waals surface area (Å²) in [6.45, 7) is 4.28. The van der Waals surface area contributed by atoms with Crippen molar-refractivity contribution in [3.8, 4) is 0 Å². The fourth-order valence-electron chi connectivity index (χ4n) is 1.52. The summed E-state index contributed by atoms with van der Waals surface area (Å²) < 4.78 is 1.37. The molecule has 0 fully saturated rings. The number of benzene rings is 2. The zero-order valence-electron chi connectivity index (χ0n) is 7.76. The van der Waals surface area contributed by atoms with Crippen molar-refractivity contribution < 1.29 is 0 Å². The fourth-order valence-corrected chi connectivity index (χ4v) is 2.19. The minimum Gasteiger partial charge on any atom is -0.0586 e. The Balaban J connectivity index is 2.87. The summed E-state index contributed by atoms with van der Waals surface area (Å²) in [7, 11) is 0. The molecule has 2 aromatic rings. The van der Waals surface area contributed by atoms with Crippen LogP contribution in [-0.2, 0) is 0 Å². The van der Waals surface area contributed by atoms with Crippen LogP contribution < -0.4 is 0 Å². The van der Waals surface area contributed by atoms with E-state index >= 15 is 0 Å². The first-order valence-electron chi connectivity index (χ1n) is 4.34. The zero-order valence-corrected chi connectivity index (χ0v) is 9.92. The Bertz CT molecular complexity index is 458. The largest absolute Gasteiger partial charge is 0.0586 e. The van der Waals surface area contributed by atoms with E-state index < -0.39 is 0 Å². The van der Waals surface area contributed by atoms with Crippen LogP contribution in [0, 0.1) is 17.4 Å². The Labute approximate surface area is 92.1 Å². The summed E-state index contributed by atoms with van der Waals surface area (Å²) in [6.07, 6.45) is 0. The Morgan fingerprint density at radius 3 is 2.54 bits per heavy atom. The molecule has 1 heteroatoms. The molecule has 0 aliphatic heterocycles. The number of halogens is 1. The molecule has 0 nitrogen and oxygen atoms in total. The van der Waals surface area contributed by atoms with Crippen LogP contribution in [0.15, 0.2) is 30.3 Å². The number of rotatable bonds is 0. The van der Waals surface area contributed by atoms with Gasteiger partial charge in [-0.25, -0.2) is 0 Å². The molecule has 0 spiro atoms. The Kier molecular flexibility index (Phi) is 2.28. The first-order chi connectivity index (χ1) is 6.18. The molecule has 0 saturated heterocycles. The van der Waals surface area contributed by atoms with Crippen LogP contribution in [-0.4, -0.2) is 0 Å². The molecule has 0 heterocycles.